The number of methoxy groups -OCH3 is 3. The van der Waals surface area contributed by atoms with Crippen LogP contribution in [0.4, 0.5) is 5.69 Å². The van der Waals surface area contributed by atoms with Crippen LogP contribution in [0.2, 0.25) is 0 Å². The average molecular weight is 358 g/mol. The molecule has 0 atom stereocenters. The van der Waals surface area contributed by atoms with Gasteiger partial charge in [-0.15, -0.1) is 0 Å². The van der Waals surface area contributed by atoms with E-state index in [2.05, 4.69) is 10.6 Å². The van der Waals surface area contributed by atoms with E-state index in [0.29, 0.717) is 28.5 Å². The third-order valence-corrected chi connectivity index (χ3v) is 3.76. The van der Waals surface area contributed by atoms with E-state index in [1.54, 1.807) is 6.07 Å². The maximum Gasteiger partial charge on any atom is 0.251 e. The lowest BCUT2D eigenvalue weighted by molar-refractivity contribution is -0.115. The number of nitrogens with one attached hydrogen (secondary N) is 2. The van der Waals surface area contributed by atoms with Gasteiger partial charge in [0.25, 0.3) is 5.91 Å². The van der Waals surface area contributed by atoms with E-state index < -0.39 is 5.91 Å². The van der Waals surface area contributed by atoms with Gasteiger partial charge in [0.15, 0.2) is 11.5 Å². The lowest BCUT2D eigenvalue weighted by atomic mass is 10.1. The van der Waals surface area contributed by atoms with E-state index in [1.165, 1.54) is 33.5 Å². The normalized spacial score (nSPS) is 10.0. The van der Waals surface area contributed by atoms with Crippen molar-refractivity contribution in [1.82, 2.24) is 5.32 Å². The quantitative estimate of drug-likeness (QED) is 0.794. The first kappa shape index (κ1) is 19.1. The molecule has 0 saturated heterocycles. The summed E-state index contributed by atoms with van der Waals surface area (Å²) >= 11 is 0. The molecule has 0 spiro atoms. The van der Waals surface area contributed by atoms with Crippen molar-refractivity contribution in [2.24, 2.45) is 0 Å². The molecule has 7 heteroatoms. The minimum atomic E-state index is -0.427. The summed E-state index contributed by atoms with van der Waals surface area (Å²) in [6.45, 7) is 1.73. The molecule has 0 aromatic heterocycles. The minimum absolute atomic E-state index is 0.163. The monoisotopic (exact) mass is 358 g/mol. The van der Waals surface area contributed by atoms with Gasteiger partial charge in [-0.3, -0.25) is 9.59 Å². The fourth-order valence-electron chi connectivity index (χ4n) is 2.38. The number of anilines is 1. The molecule has 2 amide bonds. The Morgan fingerprint density at radius 2 is 1.58 bits per heavy atom. The van der Waals surface area contributed by atoms with Gasteiger partial charge in [0.1, 0.15) is 0 Å². The SMILES string of the molecule is COc1cc(C(=O)NCC(=O)Nc2ccccc2C)cc(OC)c1OC. The second kappa shape index (κ2) is 8.75. The third kappa shape index (κ3) is 4.44. The zero-order valence-electron chi connectivity index (χ0n) is 15.2. The lowest BCUT2D eigenvalue weighted by Gasteiger charge is -2.14. The molecule has 0 radical (unpaired) electrons. The number of amides is 2. The smallest absolute Gasteiger partial charge is 0.251 e. The molecular weight excluding hydrogens is 336 g/mol. The Balaban J connectivity index is 2.05. The third-order valence-electron chi connectivity index (χ3n) is 3.76. The van der Waals surface area contributed by atoms with E-state index in [4.69, 9.17) is 14.2 Å². The van der Waals surface area contributed by atoms with Crippen LogP contribution in [0.5, 0.6) is 17.2 Å². The summed E-state index contributed by atoms with van der Waals surface area (Å²) in [5.74, 6) is 0.371. The topological polar surface area (TPSA) is 85.9 Å². The molecular formula is C19H22N2O5. The number of rotatable bonds is 7. The van der Waals surface area contributed by atoms with E-state index in [1.807, 2.05) is 25.1 Å². The van der Waals surface area contributed by atoms with Crippen molar-refractivity contribution in [3.05, 3.63) is 47.5 Å². The second-order valence-electron chi connectivity index (χ2n) is 5.46. The molecule has 0 heterocycles. The highest BCUT2D eigenvalue weighted by atomic mass is 16.5. The minimum Gasteiger partial charge on any atom is -0.493 e. The molecule has 0 unspecified atom stereocenters. The number of hydrogen-bond donors (Lipinski definition) is 2. The molecule has 2 aromatic carbocycles. The van der Waals surface area contributed by atoms with Crippen LogP contribution in [0, 0.1) is 6.92 Å². The largest absolute Gasteiger partial charge is 0.493 e. The summed E-state index contributed by atoms with van der Waals surface area (Å²) in [5.41, 5.74) is 1.94. The van der Waals surface area contributed by atoms with Gasteiger partial charge in [0.2, 0.25) is 11.7 Å². The Morgan fingerprint density at radius 1 is 0.962 bits per heavy atom. The number of hydrogen-bond acceptors (Lipinski definition) is 5. The first-order valence-corrected chi connectivity index (χ1v) is 7.93. The maximum atomic E-state index is 12.4. The van der Waals surface area contributed by atoms with E-state index in [0.717, 1.165) is 5.56 Å². The summed E-state index contributed by atoms with van der Waals surface area (Å²) in [4.78, 5) is 24.4. The molecule has 0 fully saturated rings. The van der Waals surface area contributed by atoms with E-state index in [-0.39, 0.29) is 12.5 Å². The average Bonchev–Trinajstić information content (AvgIpc) is 2.66. The molecule has 7 nitrogen and oxygen atoms in total. The summed E-state index contributed by atoms with van der Waals surface area (Å²) in [6.07, 6.45) is 0. The highest BCUT2D eigenvalue weighted by Crippen LogP contribution is 2.38. The van der Waals surface area contributed by atoms with Crippen molar-refractivity contribution in [1.29, 1.82) is 0 Å². The van der Waals surface area contributed by atoms with Gasteiger partial charge in [0, 0.05) is 11.3 Å². The number of benzene rings is 2. The number of aryl methyl sites for hydroxylation is 1. The van der Waals surface area contributed by atoms with E-state index >= 15 is 0 Å². The molecule has 0 aliphatic rings. The molecule has 0 aliphatic heterocycles. The van der Waals surface area contributed by atoms with Gasteiger partial charge in [-0.1, -0.05) is 18.2 Å². The summed E-state index contributed by atoms with van der Waals surface area (Å²) < 4.78 is 15.7. The van der Waals surface area contributed by atoms with E-state index in [9.17, 15) is 9.59 Å². The molecule has 2 aromatic rings. The van der Waals surface area contributed by atoms with Crippen molar-refractivity contribution >= 4 is 17.5 Å². The molecule has 0 saturated carbocycles. The molecule has 0 bridgehead atoms. The molecule has 26 heavy (non-hydrogen) atoms. The van der Waals surface area contributed by atoms with Gasteiger partial charge in [0.05, 0.1) is 27.9 Å². The highest BCUT2D eigenvalue weighted by Gasteiger charge is 2.17. The van der Waals surface area contributed by atoms with Crippen molar-refractivity contribution in [3.63, 3.8) is 0 Å². The van der Waals surface area contributed by atoms with Crippen LogP contribution in [0.1, 0.15) is 15.9 Å². The number of para-hydroxylation sites is 1. The predicted octanol–water partition coefficient (Wildman–Crippen LogP) is 2.39. The molecule has 2 rings (SSSR count). The molecule has 0 aliphatic carbocycles. The number of carbonyl (C=O) groups excluding carboxylic acids is 2. The summed E-state index contributed by atoms with van der Waals surface area (Å²) in [6, 6.07) is 10.5. The van der Waals surface area contributed by atoms with Crippen LogP contribution in [-0.2, 0) is 4.79 Å². The fraction of sp³-hybridized carbons (Fsp3) is 0.263. The predicted molar refractivity (Wildman–Crippen MR) is 98.2 cm³/mol. The first-order valence-electron chi connectivity index (χ1n) is 7.93. The van der Waals surface area contributed by atoms with Crippen molar-refractivity contribution in [2.45, 2.75) is 6.92 Å². The summed E-state index contributed by atoms with van der Waals surface area (Å²) in [5, 5.41) is 5.33. The number of carbonyl (C=O) groups is 2. The van der Waals surface area contributed by atoms with Gasteiger partial charge >= 0.3 is 0 Å². The second-order valence-corrected chi connectivity index (χ2v) is 5.46. The van der Waals surface area contributed by atoms with Crippen LogP contribution >= 0.6 is 0 Å². The van der Waals surface area contributed by atoms with Gasteiger partial charge in [-0.2, -0.15) is 0 Å². The molecule has 138 valence electrons. The Labute approximate surface area is 152 Å². The fourth-order valence-corrected chi connectivity index (χ4v) is 2.38. The van der Waals surface area contributed by atoms with Gasteiger partial charge < -0.3 is 24.8 Å². The summed E-state index contributed by atoms with van der Waals surface area (Å²) in [7, 11) is 4.42. The van der Waals surface area contributed by atoms with Gasteiger partial charge in [-0.05, 0) is 30.7 Å². The zero-order valence-corrected chi connectivity index (χ0v) is 15.2. The van der Waals surface area contributed by atoms with Crippen LogP contribution in [-0.4, -0.2) is 39.7 Å². The Kier molecular flexibility index (Phi) is 6.43. The number of ether oxygens (including phenoxy) is 3. The van der Waals surface area contributed by atoms with Crippen LogP contribution in [0.3, 0.4) is 0 Å². The zero-order chi connectivity index (χ0) is 19.1. The van der Waals surface area contributed by atoms with Crippen molar-refractivity contribution in [3.8, 4) is 17.2 Å². The van der Waals surface area contributed by atoms with Crippen LogP contribution in [0.25, 0.3) is 0 Å². The van der Waals surface area contributed by atoms with Gasteiger partial charge in [-0.25, -0.2) is 0 Å². The van der Waals surface area contributed by atoms with Crippen LogP contribution < -0.4 is 24.8 Å². The van der Waals surface area contributed by atoms with Crippen LogP contribution in [0.15, 0.2) is 36.4 Å². The van der Waals surface area contributed by atoms with Crippen molar-refractivity contribution < 1.29 is 23.8 Å². The molecule has 2 N–H and O–H groups in total. The van der Waals surface area contributed by atoms with Crippen molar-refractivity contribution in [2.75, 3.05) is 33.2 Å². The Hall–Kier alpha value is -3.22. The first-order chi connectivity index (χ1) is 12.5. The Morgan fingerprint density at radius 3 is 2.12 bits per heavy atom. The highest BCUT2D eigenvalue weighted by molar-refractivity contribution is 6.00. The standard InChI is InChI=1S/C19H22N2O5/c1-12-7-5-6-8-14(12)21-17(22)11-20-19(23)13-9-15(24-2)18(26-4)16(10-13)25-3/h5-10H,11H2,1-4H3,(H,20,23)(H,21,22). The lowest BCUT2D eigenvalue weighted by Crippen LogP contribution is -2.33. The maximum absolute atomic E-state index is 12.4. The Bertz CT molecular complexity index is 779.